The van der Waals surface area contributed by atoms with Crippen molar-refractivity contribution in [1.29, 1.82) is 0 Å². The Kier molecular flexibility index (Phi) is 5.24. The molecular weight excluding hydrogens is 340 g/mol. The second kappa shape index (κ2) is 7.57. The van der Waals surface area contributed by atoms with Crippen molar-refractivity contribution in [2.75, 3.05) is 6.61 Å². The lowest BCUT2D eigenvalue weighted by Gasteiger charge is -2.08. The molecule has 1 heterocycles. The third-order valence-electron chi connectivity index (χ3n) is 3.53. The Morgan fingerprint density at radius 1 is 1.16 bits per heavy atom. The van der Waals surface area contributed by atoms with Crippen LogP contribution in [0.1, 0.15) is 25.3 Å². The maximum Gasteiger partial charge on any atom is 0.442 e. The maximum atomic E-state index is 12.0. The van der Waals surface area contributed by atoms with Gasteiger partial charge in [0.1, 0.15) is 5.75 Å². The van der Waals surface area contributed by atoms with Crippen LogP contribution in [0, 0.1) is 5.92 Å². The fourth-order valence-corrected chi connectivity index (χ4v) is 2.52. The second-order valence-corrected chi connectivity index (χ2v) is 6.56. The number of ether oxygens (including phenoxy) is 1. The molecule has 3 rings (SSSR count). The second-order valence-electron chi connectivity index (χ2n) is 6.15. The van der Waals surface area contributed by atoms with Gasteiger partial charge < -0.3 is 9.15 Å². The largest absolute Gasteiger partial charge is 0.493 e. The summed E-state index contributed by atoms with van der Waals surface area (Å²) < 4.78 is 12.1. The van der Waals surface area contributed by atoms with Crippen LogP contribution in [0.5, 0.6) is 5.75 Å². The molecule has 0 bridgehead atoms. The summed E-state index contributed by atoms with van der Waals surface area (Å²) in [4.78, 5) is 12.0. The minimum absolute atomic E-state index is 0.334. The average molecular weight is 359 g/mol. The summed E-state index contributed by atoms with van der Waals surface area (Å²) >= 11 is 6.11. The van der Waals surface area contributed by atoms with Crippen LogP contribution in [-0.2, 0) is 6.42 Å². The third-order valence-corrected chi connectivity index (χ3v) is 3.85. The van der Waals surface area contributed by atoms with E-state index in [4.69, 9.17) is 20.8 Å². The standard InChI is InChI=1S/C19H19ClN2O3/c1-13(2)12-24-15-9-7-14(8-10-15)11-18-21-22(19(23)25-18)17-6-4-3-5-16(17)20/h3-10,13H,11-12H2,1-2H3. The van der Waals surface area contributed by atoms with E-state index in [0.29, 0.717) is 35.5 Å². The summed E-state index contributed by atoms with van der Waals surface area (Å²) in [6.07, 6.45) is 0.414. The lowest BCUT2D eigenvalue weighted by Crippen LogP contribution is -2.13. The first-order valence-corrected chi connectivity index (χ1v) is 8.46. The van der Waals surface area contributed by atoms with Gasteiger partial charge in [0.15, 0.2) is 0 Å². The van der Waals surface area contributed by atoms with Crippen LogP contribution in [-0.4, -0.2) is 16.4 Å². The van der Waals surface area contributed by atoms with Crippen LogP contribution in [0.15, 0.2) is 57.7 Å². The van der Waals surface area contributed by atoms with Crippen LogP contribution in [0.4, 0.5) is 0 Å². The molecule has 0 amide bonds. The molecule has 1 aromatic heterocycles. The van der Waals surface area contributed by atoms with Gasteiger partial charge in [-0.05, 0) is 35.7 Å². The Bertz CT molecular complexity index is 898. The zero-order valence-electron chi connectivity index (χ0n) is 14.1. The van der Waals surface area contributed by atoms with Gasteiger partial charge in [0, 0.05) is 0 Å². The number of hydrogen-bond acceptors (Lipinski definition) is 4. The Morgan fingerprint density at radius 3 is 2.56 bits per heavy atom. The lowest BCUT2D eigenvalue weighted by atomic mass is 10.1. The molecule has 3 aromatic rings. The maximum absolute atomic E-state index is 12.0. The molecule has 0 saturated carbocycles. The molecule has 0 aliphatic carbocycles. The first kappa shape index (κ1) is 17.3. The predicted molar refractivity (Wildman–Crippen MR) is 96.7 cm³/mol. The van der Waals surface area contributed by atoms with E-state index in [1.54, 1.807) is 24.3 Å². The Labute approximate surface area is 150 Å². The van der Waals surface area contributed by atoms with Gasteiger partial charge in [0.2, 0.25) is 5.89 Å². The molecule has 6 heteroatoms. The molecule has 0 fully saturated rings. The van der Waals surface area contributed by atoms with Gasteiger partial charge in [-0.3, -0.25) is 0 Å². The fourth-order valence-electron chi connectivity index (χ4n) is 2.30. The molecule has 2 aromatic carbocycles. The van der Waals surface area contributed by atoms with Crippen molar-refractivity contribution in [2.45, 2.75) is 20.3 Å². The van der Waals surface area contributed by atoms with Crippen molar-refractivity contribution in [1.82, 2.24) is 9.78 Å². The molecule has 0 atom stereocenters. The molecule has 25 heavy (non-hydrogen) atoms. The normalized spacial score (nSPS) is 11.0. The van der Waals surface area contributed by atoms with Gasteiger partial charge in [0.05, 0.1) is 23.7 Å². The minimum atomic E-state index is -0.556. The van der Waals surface area contributed by atoms with Crippen LogP contribution in [0.25, 0.3) is 5.69 Å². The van der Waals surface area contributed by atoms with Gasteiger partial charge in [0.25, 0.3) is 0 Å². The molecule has 0 N–H and O–H groups in total. The van der Waals surface area contributed by atoms with E-state index in [1.807, 2.05) is 24.3 Å². The summed E-state index contributed by atoms with van der Waals surface area (Å²) in [5.74, 6) is 1.07. The zero-order valence-corrected chi connectivity index (χ0v) is 14.9. The number of aromatic nitrogens is 2. The number of benzene rings is 2. The molecule has 0 aliphatic rings. The summed E-state index contributed by atoms with van der Waals surface area (Å²) in [5, 5.41) is 4.68. The number of nitrogens with zero attached hydrogens (tertiary/aromatic N) is 2. The van der Waals surface area contributed by atoms with Gasteiger partial charge in [-0.1, -0.05) is 49.7 Å². The van der Waals surface area contributed by atoms with Gasteiger partial charge >= 0.3 is 5.76 Å². The van der Waals surface area contributed by atoms with E-state index in [9.17, 15) is 4.79 Å². The highest BCUT2D eigenvalue weighted by Gasteiger charge is 2.12. The van der Waals surface area contributed by atoms with Gasteiger partial charge in [-0.25, -0.2) is 4.79 Å². The SMILES string of the molecule is CC(C)COc1ccc(Cc2nn(-c3ccccc3Cl)c(=O)o2)cc1. The number of para-hydroxylation sites is 1. The highest BCUT2D eigenvalue weighted by Crippen LogP contribution is 2.19. The smallest absolute Gasteiger partial charge is 0.442 e. The third kappa shape index (κ3) is 4.31. The Hall–Kier alpha value is -2.53. The van der Waals surface area contributed by atoms with Crippen molar-refractivity contribution in [3.63, 3.8) is 0 Å². The highest BCUT2D eigenvalue weighted by molar-refractivity contribution is 6.32. The van der Waals surface area contributed by atoms with Crippen LogP contribution < -0.4 is 10.5 Å². The monoisotopic (exact) mass is 358 g/mol. The molecule has 5 nitrogen and oxygen atoms in total. The van der Waals surface area contributed by atoms with E-state index >= 15 is 0 Å². The summed E-state index contributed by atoms with van der Waals surface area (Å²) in [5.41, 5.74) is 1.48. The van der Waals surface area contributed by atoms with E-state index in [-0.39, 0.29) is 0 Å². The molecule has 0 unspecified atom stereocenters. The van der Waals surface area contributed by atoms with E-state index in [0.717, 1.165) is 11.3 Å². The van der Waals surface area contributed by atoms with Crippen LogP contribution >= 0.6 is 11.6 Å². The number of halogens is 1. The van der Waals surface area contributed by atoms with Crippen LogP contribution in [0.2, 0.25) is 5.02 Å². The summed E-state index contributed by atoms with van der Waals surface area (Å²) in [6.45, 7) is 4.88. The minimum Gasteiger partial charge on any atom is -0.493 e. The first-order valence-electron chi connectivity index (χ1n) is 8.08. The van der Waals surface area contributed by atoms with Crippen molar-refractivity contribution in [3.8, 4) is 11.4 Å². The van der Waals surface area contributed by atoms with E-state index in [1.165, 1.54) is 4.68 Å². The van der Waals surface area contributed by atoms with E-state index < -0.39 is 5.76 Å². The molecule has 0 spiro atoms. The molecule has 0 radical (unpaired) electrons. The lowest BCUT2D eigenvalue weighted by molar-refractivity contribution is 0.271. The summed E-state index contributed by atoms with van der Waals surface area (Å²) in [7, 11) is 0. The number of hydrogen-bond donors (Lipinski definition) is 0. The van der Waals surface area contributed by atoms with Crippen molar-refractivity contribution in [2.24, 2.45) is 5.92 Å². The Morgan fingerprint density at radius 2 is 1.88 bits per heavy atom. The van der Waals surface area contributed by atoms with Crippen molar-refractivity contribution >= 4 is 11.6 Å². The van der Waals surface area contributed by atoms with Crippen molar-refractivity contribution in [3.05, 3.63) is 75.6 Å². The predicted octanol–water partition coefficient (Wildman–Crippen LogP) is 4.10. The molecule has 0 aliphatic heterocycles. The summed E-state index contributed by atoms with van der Waals surface area (Å²) in [6, 6.07) is 14.7. The van der Waals surface area contributed by atoms with Crippen LogP contribution in [0.3, 0.4) is 0 Å². The molecule has 0 saturated heterocycles. The average Bonchev–Trinajstić information content (AvgIpc) is 2.95. The number of rotatable bonds is 6. The zero-order chi connectivity index (χ0) is 17.8. The molecular formula is C19H19ClN2O3. The van der Waals surface area contributed by atoms with Gasteiger partial charge in [-0.15, -0.1) is 5.10 Å². The first-order chi connectivity index (χ1) is 12.0. The topological polar surface area (TPSA) is 57.3 Å². The van der Waals surface area contributed by atoms with E-state index in [2.05, 4.69) is 18.9 Å². The highest BCUT2D eigenvalue weighted by atomic mass is 35.5. The van der Waals surface area contributed by atoms with Gasteiger partial charge in [-0.2, -0.15) is 4.68 Å². The Balaban J connectivity index is 1.75. The quantitative estimate of drug-likeness (QED) is 0.665. The fraction of sp³-hybridized carbons (Fsp3) is 0.263. The van der Waals surface area contributed by atoms with Crippen molar-refractivity contribution < 1.29 is 9.15 Å². The molecule has 130 valence electrons.